The molecule has 3 aromatic rings. The zero-order valence-electron chi connectivity index (χ0n) is 23.5. The number of rotatable bonds is 13. The van der Waals surface area contributed by atoms with Crippen LogP contribution < -0.4 is 14.4 Å². The minimum atomic E-state index is -4.29. The summed E-state index contributed by atoms with van der Waals surface area (Å²) in [5.74, 6) is -1.02. The van der Waals surface area contributed by atoms with Crippen LogP contribution in [0.4, 0.5) is 10.1 Å². The number of halogens is 2. The Morgan fingerprint density at radius 3 is 2.10 bits per heavy atom. The number of sulfonamides is 1. The van der Waals surface area contributed by atoms with Crippen LogP contribution in [0.1, 0.15) is 39.7 Å². The summed E-state index contributed by atoms with van der Waals surface area (Å²) in [4.78, 5) is 28.4. The van der Waals surface area contributed by atoms with Crippen molar-refractivity contribution in [3.8, 4) is 5.75 Å². The van der Waals surface area contributed by atoms with Gasteiger partial charge >= 0.3 is 0 Å². The van der Waals surface area contributed by atoms with E-state index in [1.165, 1.54) is 41.3 Å². The Morgan fingerprint density at radius 1 is 0.951 bits per heavy atom. The Morgan fingerprint density at radius 2 is 1.56 bits per heavy atom. The van der Waals surface area contributed by atoms with Gasteiger partial charge in [0.05, 0.1) is 17.2 Å². The Labute approximate surface area is 246 Å². The van der Waals surface area contributed by atoms with Crippen molar-refractivity contribution in [2.24, 2.45) is 0 Å². The van der Waals surface area contributed by atoms with Crippen molar-refractivity contribution in [1.29, 1.82) is 0 Å². The third-order valence-corrected chi connectivity index (χ3v) is 8.24. The predicted molar refractivity (Wildman–Crippen MR) is 158 cm³/mol. The summed E-state index contributed by atoms with van der Waals surface area (Å²) in [5, 5.41) is 3.36. The van der Waals surface area contributed by atoms with Gasteiger partial charge in [-0.25, -0.2) is 12.8 Å². The van der Waals surface area contributed by atoms with E-state index in [1.807, 2.05) is 20.8 Å². The predicted octanol–water partition coefficient (Wildman–Crippen LogP) is 5.41. The molecule has 0 saturated carbocycles. The summed E-state index contributed by atoms with van der Waals surface area (Å²) in [6, 6.07) is 16.4. The van der Waals surface area contributed by atoms with Crippen LogP contribution in [0, 0.1) is 5.82 Å². The standard InChI is InChI=1S/C30H35ClFN3O5S/c1-5-28(30(37)33-21(3)4)34(19-22-7-9-23(31)10-8-22)29(36)20-35(25-13-11-24(32)12-14-25)41(38,39)27-17-15-26(16-18-27)40-6-2/h7-18,21,28H,5-6,19-20H2,1-4H3,(H,33,37)/t28-/m0/s1. The van der Waals surface area contributed by atoms with Crippen molar-refractivity contribution in [1.82, 2.24) is 10.2 Å². The number of carbonyl (C=O) groups is 2. The molecule has 11 heteroatoms. The maximum absolute atomic E-state index is 14.0. The molecule has 0 aliphatic heterocycles. The lowest BCUT2D eigenvalue weighted by Crippen LogP contribution is -2.53. The first-order valence-electron chi connectivity index (χ1n) is 13.3. The van der Waals surface area contributed by atoms with Crippen LogP contribution >= 0.6 is 11.6 Å². The van der Waals surface area contributed by atoms with Crippen molar-refractivity contribution in [2.45, 2.75) is 57.6 Å². The number of nitrogens with zero attached hydrogens (tertiary/aromatic N) is 2. The van der Waals surface area contributed by atoms with Gasteiger partial charge in [-0.1, -0.05) is 30.7 Å². The van der Waals surface area contributed by atoms with Gasteiger partial charge in [0.2, 0.25) is 11.8 Å². The van der Waals surface area contributed by atoms with Gasteiger partial charge in [-0.15, -0.1) is 0 Å². The second-order valence-corrected chi connectivity index (χ2v) is 11.9. The summed E-state index contributed by atoms with van der Waals surface area (Å²) < 4.78 is 47.9. The van der Waals surface area contributed by atoms with E-state index < -0.39 is 34.3 Å². The van der Waals surface area contributed by atoms with Crippen LogP contribution in [0.2, 0.25) is 5.02 Å². The molecule has 0 spiro atoms. The Balaban J connectivity index is 2.04. The zero-order chi connectivity index (χ0) is 30.2. The van der Waals surface area contributed by atoms with E-state index in [4.69, 9.17) is 16.3 Å². The number of anilines is 1. The zero-order valence-corrected chi connectivity index (χ0v) is 25.1. The number of ether oxygens (including phenoxy) is 1. The molecule has 1 N–H and O–H groups in total. The van der Waals surface area contributed by atoms with Crippen molar-refractivity contribution in [2.75, 3.05) is 17.5 Å². The molecule has 0 aromatic heterocycles. The van der Waals surface area contributed by atoms with Gasteiger partial charge in [-0.3, -0.25) is 13.9 Å². The molecule has 0 fully saturated rings. The quantitative estimate of drug-likeness (QED) is 0.282. The molecule has 41 heavy (non-hydrogen) atoms. The van der Waals surface area contributed by atoms with Crippen LogP contribution in [0.5, 0.6) is 5.75 Å². The smallest absolute Gasteiger partial charge is 0.264 e. The SMILES string of the molecule is CCOc1ccc(S(=O)(=O)N(CC(=O)N(Cc2ccc(Cl)cc2)[C@@H](CC)C(=O)NC(C)C)c2ccc(F)cc2)cc1. The van der Waals surface area contributed by atoms with Gasteiger partial charge in [0.15, 0.2) is 0 Å². The molecule has 0 bridgehead atoms. The van der Waals surface area contributed by atoms with Crippen LogP contribution in [0.25, 0.3) is 0 Å². The summed E-state index contributed by atoms with van der Waals surface area (Å²) in [6.45, 7) is 7.05. The molecule has 0 aliphatic rings. The number of nitrogens with one attached hydrogen (secondary N) is 1. The maximum atomic E-state index is 14.0. The third-order valence-electron chi connectivity index (χ3n) is 6.20. The van der Waals surface area contributed by atoms with Gasteiger partial charge in [0.25, 0.3) is 10.0 Å². The molecular weight excluding hydrogens is 569 g/mol. The van der Waals surface area contributed by atoms with Crippen molar-refractivity contribution in [3.05, 3.63) is 89.2 Å². The summed E-state index contributed by atoms with van der Waals surface area (Å²) in [5.41, 5.74) is 0.806. The average molecular weight is 604 g/mol. The van der Waals surface area contributed by atoms with E-state index in [0.717, 1.165) is 16.4 Å². The minimum Gasteiger partial charge on any atom is -0.494 e. The number of hydrogen-bond acceptors (Lipinski definition) is 5. The van der Waals surface area contributed by atoms with Crippen molar-refractivity contribution < 1.29 is 27.1 Å². The number of benzene rings is 3. The third kappa shape index (κ3) is 8.43. The van der Waals surface area contributed by atoms with Gasteiger partial charge in [0.1, 0.15) is 24.2 Å². The van der Waals surface area contributed by atoms with E-state index in [1.54, 1.807) is 31.2 Å². The van der Waals surface area contributed by atoms with E-state index in [9.17, 15) is 22.4 Å². The second kappa shape index (κ2) is 14.3. The molecule has 3 aromatic carbocycles. The van der Waals surface area contributed by atoms with E-state index >= 15 is 0 Å². The summed E-state index contributed by atoms with van der Waals surface area (Å²) >= 11 is 6.04. The fourth-order valence-electron chi connectivity index (χ4n) is 4.22. The number of hydrogen-bond donors (Lipinski definition) is 1. The molecule has 0 saturated heterocycles. The molecule has 2 amide bonds. The highest BCUT2D eigenvalue weighted by atomic mass is 35.5. The van der Waals surface area contributed by atoms with E-state index in [-0.39, 0.29) is 29.1 Å². The Bertz CT molecular complexity index is 1420. The van der Waals surface area contributed by atoms with E-state index in [2.05, 4.69) is 5.32 Å². The topological polar surface area (TPSA) is 96.0 Å². The van der Waals surface area contributed by atoms with Crippen LogP contribution in [-0.4, -0.2) is 50.4 Å². The second-order valence-electron chi connectivity index (χ2n) is 9.63. The fraction of sp³-hybridized carbons (Fsp3) is 0.333. The highest BCUT2D eigenvalue weighted by molar-refractivity contribution is 7.92. The first-order chi connectivity index (χ1) is 19.5. The highest BCUT2D eigenvalue weighted by Crippen LogP contribution is 2.26. The first-order valence-corrected chi connectivity index (χ1v) is 15.1. The lowest BCUT2D eigenvalue weighted by atomic mass is 10.1. The van der Waals surface area contributed by atoms with Crippen LogP contribution in [0.15, 0.2) is 77.7 Å². The van der Waals surface area contributed by atoms with E-state index in [0.29, 0.717) is 29.4 Å². The van der Waals surface area contributed by atoms with Crippen LogP contribution in [-0.2, 0) is 26.2 Å². The van der Waals surface area contributed by atoms with Gasteiger partial charge < -0.3 is 15.0 Å². The number of amides is 2. The molecule has 0 radical (unpaired) electrons. The first kappa shape index (κ1) is 31.9. The summed E-state index contributed by atoms with van der Waals surface area (Å²) in [6.07, 6.45) is 0.292. The lowest BCUT2D eigenvalue weighted by molar-refractivity contribution is -0.140. The fourth-order valence-corrected chi connectivity index (χ4v) is 5.76. The molecule has 0 unspecified atom stereocenters. The van der Waals surface area contributed by atoms with Crippen molar-refractivity contribution >= 4 is 39.1 Å². The largest absolute Gasteiger partial charge is 0.494 e. The molecule has 1 atom stereocenters. The molecular formula is C30H35ClFN3O5S. The van der Waals surface area contributed by atoms with Crippen molar-refractivity contribution in [3.63, 3.8) is 0 Å². The minimum absolute atomic E-state index is 0.0420. The highest BCUT2D eigenvalue weighted by Gasteiger charge is 2.34. The lowest BCUT2D eigenvalue weighted by Gasteiger charge is -2.33. The average Bonchev–Trinajstić information content (AvgIpc) is 2.93. The Hall–Kier alpha value is -3.63. The molecule has 220 valence electrons. The van der Waals surface area contributed by atoms with Gasteiger partial charge in [-0.05, 0) is 93.4 Å². The normalized spacial score (nSPS) is 12.1. The molecule has 8 nitrogen and oxygen atoms in total. The Kier molecular flexibility index (Phi) is 11.1. The number of carbonyl (C=O) groups excluding carboxylic acids is 2. The maximum Gasteiger partial charge on any atom is 0.264 e. The molecule has 0 heterocycles. The summed E-state index contributed by atoms with van der Waals surface area (Å²) in [7, 11) is -4.29. The molecule has 3 rings (SSSR count). The molecule has 0 aliphatic carbocycles. The van der Waals surface area contributed by atoms with Crippen LogP contribution in [0.3, 0.4) is 0 Å². The monoisotopic (exact) mass is 603 g/mol. The van der Waals surface area contributed by atoms with Gasteiger partial charge in [-0.2, -0.15) is 0 Å². The van der Waals surface area contributed by atoms with Gasteiger partial charge in [0, 0.05) is 17.6 Å².